The summed E-state index contributed by atoms with van der Waals surface area (Å²) in [5.74, 6) is -0.845. The molecule has 0 spiro atoms. The zero-order valence-electron chi connectivity index (χ0n) is 14.8. The maximum Gasteiger partial charge on any atom is 0.341 e. The molecular formula is C19H19N3O3S. The average molecular weight is 369 g/mol. The predicted molar refractivity (Wildman–Crippen MR) is 104 cm³/mol. The molecular weight excluding hydrogens is 350 g/mol. The predicted octanol–water partition coefficient (Wildman–Crippen LogP) is 3.86. The van der Waals surface area contributed by atoms with Crippen molar-refractivity contribution in [2.24, 2.45) is 0 Å². The Morgan fingerprint density at radius 3 is 2.69 bits per heavy atom. The fourth-order valence-corrected chi connectivity index (χ4v) is 3.44. The smallest absolute Gasteiger partial charge is 0.341 e. The van der Waals surface area contributed by atoms with Gasteiger partial charge in [-0.1, -0.05) is 13.8 Å². The fourth-order valence-electron chi connectivity index (χ4n) is 2.57. The lowest BCUT2D eigenvalue weighted by Gasteiger charge is -2.09. The first kappa shape index (κ1) is 18.0. The maximum absolute atomic E-state index is 12.3. The van der Waals surface area contributed by atoms with Gasteiger partial charge in [0, 0.05) is 18.1 Å². The van der Waals surface area contributed by atoms with Crippen LogP contribution in [0.2, 0.25) is 0 Å². The lowest BCUT2D eigenvalue weighted by Crippen LogP contribution is -2.19. The van der Waals surface area contributed by atoms with Crippen molar-refractivity contribution >= 4 is 40.5 Å². The molecule has 3 aromatic heterocycles. The quantitative estimate of drug-likeness (QED) is 0.738. The minimum absolute atomic E-state index is 0.242. The third-order valence-corrected chi connectivity index (χ3v) is 4.87. The summed E-state index contributed by atoms with van der Waals surface area (Å²) in [4.78, 5) is 32.7. The van der Waals surface area contributed by atoms with E-state index < -0.39 is 11.4 Å². The van der Waals surface area contributed by atoms with Crippen LogP contribution in [0.4, 0.5) is 0 Å². The van der Waals surface area contributed by atoms with Gasteiger partial charge in [0.2, 0.25) is 5.43 Å². The molecule has 0 aromatic carbocycles. The minimum Gasteiger partial charge on any atom is -0.477 e. The van der Waals surface area contributed by atoms with Crippen molar-refractivity contribution < 1.29 is 9.90 Å². The Labute approximate surface area is 154 Å². The molecule has 3 heterocycles. The second-order valence-electron chi connectivity index (χ2n) is 6.17. The first-order chi connectivity index (χ1) is 12.4. The van der Waals surface area contributed by atoms with Gasteiger partial charge in [0.25, 0.3) is 0 Å². The van der Waals surface area contributed by atoms with Crippen LogP contribution in [0.1, 0.15) is 53.4 Å². The van der Waals surface area contributed by atoms with Crippen molar-refractivity contribution in [2.45, 2.75) is 33.2 Å². The fraction of sp³-hybridized carbons (Fsp3) is 0.263. The molecule has 0 unspecified atom stereocenters. The lowest BCUT2D eigenvalue weighted by molar-refractivity contribution is 0.0695. The molecule has 3 rings (SSSR count). The van der Waals surface area contributed by atoms with E-state index in [9.17, 15) is 14.7 Å². The number of carboxylic acid groups (broad SMARTS) is 1. The van der Waals surface area contributed by atoms with Gasteiger partial charge in [0.1, 0.15) is 16.2 Å². The molecule has 26 heavy (non-hydrogen) atoms. The number of aryl methyl sites for hydroxylation is 1. The number of thiazole rings is 1. The number of carboxylic acids is 1. The van der Waals surface area contributed by atoms with E-state index in [4.69, 9.17) is 0 Å². The Balaban J connectivity index is 2.03. The Kier molecular flexibility index (Phi) is 4.99. The van der Waals surface area contributed by atoms with Crippen LogP contribution >= 0.6 is 11.3 Å². The molecule has 0 saturated heterocycles. The highest BCUT2D eigenvalue weighted by Crippen LogP contribution is 2.20. The Morgan fingerprint density at radius 2 is 2.08 bits per heavy atom. The average Bonchev–Trinajstić information content (AvgIpc) is 3.09. The monoisotopic (exact) mass is 369 g/mol. The number of hydrogen-bond acceptors (Lipinski definition) is 5. The molecule has 0 bridgehead atoms. The van der Waals surface area contributed by atoms with Gasteiger partial charge in [-0.25, -0.2) is 14.8 Å². The Bertz CT molecular complexity index is 1060. The molecule has 0 aliphatic carbocycles. The zero-order chi connectivity index (χ0) is 18.8. The van der Waals surface area contributed by atoms with Crippen LogP contribution < -0.4 is 5.43 Å². The first-order valence-electron chi connectivity index (χ1n) is 8.31. The number of aromatic nitrogens is 3. The van der Waals surface area contributed by atoms with Gasteiger partial charge in [0.05, 0.1) is 16.8 Å². The third kappa shape index (κ3) is 3.43. The van der Waals surface area contributed by atoms with E-state index >= 15 is 0 Å². The summed E-state index contributed by atoms with van der Waals surface area (Å²) < 4.78 is 1.68. The van der Waals surface area contributed by atoms with Gasteiger partial charge < -0.3 is 9.67 Å². The molecule has 0 radical (unpaired) electrons. The maximum atomic E-state index is 12.3. The van der Waals surface area contributed by atoms with Crippen molar-refractivity contribution in [3.05, 3.63) is 55.9 Å². The molecule has 7 heteroatoms. The van der Waals surface area contributed by atoms with E-state index in [2.05, 4.69) is 23.8 Å². The third-order valence-electron chi connectivity index (χ3n) is 4.04. The van der Waals surface area contributed by atoms with E-state index in [0.29, 0.717) is 29.2 Å². The Morgan fingerprint density at radius 1 is 1.31 bits per heavy atom. The van der Waals surface area contributed by atoms with Gasteiger partial charge in [-0.15, -0.1) is 11.3 Å². The highest BCUT2D eigenvalue weighted by molar-refractivity contribution is 7.10. The second kappa shape index (κ2) is 7.21. The van der Waals surface area contributed by atoms with Gasteiger partial charge in [-0.3, -0.25) is 4.79 Å². The van der Waals surface area contributed by atoms with Crippen LogP contribution in [0.15, 0.2) is 28.5 Å². The SMILES string of the molecule is CCn1cc(C(=O)O)c(=O)c2ccc(C=Cc3nc(C(C)C)cs3)nc21. The van der Waals surface area contributed by atoms with Gasteiger partial charge >= 0.3 is 5.97 Å². The van der Waals surface area contributed by atoms with Crippen LogP contribution in [0.25, 0.3) is 23.2 Å². The summed E-state index contributed by atoms with van der Waals surface area (Å²) >= 11 is 1.57. The first-order valence-corrected chi connectivity index (χ1v) is 9.19. The Hall–Kier alpha value is -2.80. The number of pyridine rings is 2. The standard InChI is InChI=1S/C19H19N3O3S/c1-4-22-9-14(19(24)25)17(23)13-7-5-12(20-18(13)22)6-8-16-21-15(10-26-16)11(2)3/h5-11H,4H2,1-3H3,(H,24,25). The van der Waals surface area contributed by atoms with Crippen molar-refractivity contribution in [1.82, 2.24) is 14.5 Å². The summed E-state index contributed by atoms with van der Waals surface area (Å²) in [5, 5.41) is 12.4. The van der Waals surface area contributed by atoms with E-state index in [1.54, 1.807) is 28.0 Å². The van der Waals surface area contributed by atoms with E-state index in [0.717, 1.165) is 10.7 Å². The highest BCUT2D eigenvalue weighted by atomic mass is 32.1. The molecule has 0 saturated carbocycles. The van der Waals surface area contributed by atoms with Crippen LogP contribution in [-0.2, 0) is 6.54 Å². The molecule has 134 valence electrons. The summed E-state index contributed by atoms with van der Waals surface area (Å²) in [7, 11) is 0. The molecule has 1 N–H and O–H groups in total. The number of fused-ring (bicyclic) bond motifs is 1. The molecule has 0 aliphatic heterocycles. The summed E-state index contributed by atoms with van der Waals surface area (Å²) in [6, 6.07) is 3.34. The number of hydrogen-bond donors (Lipinski definition) is 1. The summed E-state index contributed by atoms with van der Waals surface area (Å²) in [5.41, 5.74) is 1.47. The highest BCUT2D eigenvalue weighted by Gasteiger charge is 2.15. The van der Waals surface area contributed by atoms with Gasteiger partial charge in [-0.2, -0.15) is 0 Å². The minimum atomic E-state index is -1.23. The molecule has 6 nitrogen and oxygen atoms in total. The molecule has 0 aliphatic rings. The number of carbonyl (C=O) groups is 1. The number of nitrogens with zero attached hydrogens (tertiary/aromatic N) is 3. The van der Waals surface area contributed by atoms with Crippen LogP contribution in [0, 0.1) is 0 Å². The van der Waals surface area contributed by atoms with Crippen molar-refractivity contribution in [2.75, 3.05) is 0 Å². The van der Waals surface area contributed by atoms with E-state index in [1.807, 2.05) is 24.5 Å². The normalized spacial score (nSPS) is 11.7. The largest absolute Gasteiger partial charge is 0.477 e. The van der Waals surface area contributed by atoms with Crippen LogP contribution in [0.3, 0.4) is 0 Å². The van der Waals surface area contributed by atoms with Crippen LogP contribution in [0.5, 0.6) is 0 Å². The van der Waals surface area contributed by atoms with E-state index in [-0.39, 0.29) is 5.56 Å². The summed E-state index contributed by atoms with van der Waals surface area (Å²) in [6.07, 6.45) is 5.09. The van der Waals surface area contributed by atoms with Crippen molar-refractivity contribution in [3.63, 3.8) is 0 Å². The number of rotatable bonds is 5. The van der Waals surface area contributed by atoms with Crippen LogP contribution in [-0.4, -0.2) is 25.6 Å². The molecule has 0 amide bonds. The van der Waals surface area contributed by atoms with E-state index in [1.165, 1.54) is 6.20 Å². The lowest BCUT2D eigenvalue weighted by atomic mass is 10.1. The van der Waals surface area contributed by atoms with Gasteiger partial charge in [-0.05, 0) is 37.1 Å². The zero-order valence-corrected chi connectivity index (χ0v) is 15.6. The second-order valence-corrected chi connectivity index (χ2v) is 7.06. The van der Waals surface area contributed by atoms with Crippen molar-refractivity contribution in [1.29, 1.82) is 0 Å². The molecule has 3 aromatic rings. The van der Waals surface area contributed by atoms with Crippen molar-refractivity contribution in [3.8, 4) is 0 Å². The summed E-state index contributed by atoms with van der Waals surface area (Å²) in [6.45, 7) is 6.59. The molecule has 0 fully saturated rings. The molecule has 0 atom stereocenters. The van der Waals surface area contributed by atoms with Gasteiger partial charge in [0.15, 0.2) is 0 Å². The topological polar surface area (TPSA) is 85.1 Å². The number of aromatic carboxylic acids is 1.